The van der Waals surface area contributed by atoms with Crippen LogP contribution in [0, 0.1) is 5.92 Å². The summed E-state index contributed by atoms with van der Waals surface area (Å²) in [4.78, 5) is 24.5. The Labute approximate surface area is 175 Å². The van der Waals surface area contributed by atoms with Crippen LogP contribution in [0.25, 0.3) is 10.9 Å². The number of carboxylic acids is 1. The molecule has 2 saturated carbocycles. The van der Waals surface area contributed by atoms with E-state index in [4.69, 9.17) is 4.74 Å². The van der Waals surface area contributed by atoms with Crippen LogP contribution < -0.4 is 20.8 Å². The van der Waals surface area contributed by atoms with Crippen LogP contribution in [0.15, 0.2) is 23.1 Å². The summed E-state index contributed by atoms with van der Waals surface area (Å²) in [5, 5.41) is 17.1. The molecule has 3 N–H and O–H groups in total. The monoisotopic (exact) mass is 411 g/mol. The number of nitrogens with zero attached hydrogens (tertiary/aromatic N) is 1. The molecule has 3 aliphatic rings. The first kappa shape index (κ1) is 19.6. The number of nitrogens with one attached hydrogen (secondary N) is 2. The Morgan fingerprint density at radius 1 is 1.37 bits per heavy atom. The predicted molar refractivity (Wildman–Crippen MR) is 115 cm³/mol. The first-order valence-electron chi connectivity index (χ1n) is 10.8. The van der Waals surface area contributed by atoms with Crippen LogP contribution in [0.5, 0.6) is 5.75 Å². The second-order valence-electron chi connectivity index (χ2n) is 9.24. The van der Waals surface area contributed by atoms with Gasteiger partial charge >= 0.3 is 5.97 Å². The molecule has 7 heteroatoms. The number of fused-ring (bicyclic) bond motifs is 1. The summed E-state index contributed by atoms with van der Waals surface area (Å²) < 4.78 is 7.85. The van der Waals surface area contributed by atoms with Crippen LogP contribution in [-0.2, 0) is 0 Å². The zero-order chi connectivity index (χ0) is 21.2. The highest BCUT2D eigenvalue weighted by molar-refractivity contribution is 5.95. The summed E-state index contributed by atoms with van der Waals surface area (Å²) in [6.45, 7) is 3.23. The van der Waals surface area contributed by atoms with Crippen LogP contribution in [0.4, 0.5) is 0 Å². The molecule has 0 radical (unpaired) electrons. The molecule has 1 aliphatic heterocycles. The Balaban J connectivity index is 1.60. The number of carboxylic acid groups (broad SMARTS) is 1. The summed E-state index contributed by atoms with van der Waals surface area (Å²) >= 11 is 0. The van der Waals surface area contributed by atoms with Gasteiger partial charge in [0, 0.05) is 41.8 Å². The number of rotatable bonds is 6. The molecule has 1 aromatic heterocycles. The highest BCUT2D eigenvalue weighted by Gasteiger charge is 2.59. The molecular formula is C23H29N3O4. The molecule has 2 aromatic rings. The molecule has 160 valence electrons. The molecule has 0 amide bonds. The Morgan fingerprint density at radius 3 is 2.77 bits per heavy atom. The molecule has 4 atom stereocenters. The molecule has 1 spiro atoms. The molecule has 2 heterocycles. The second-order valence-corrected chi connectivity index (χ2v) is 9.24. The molecule has 1 aromatic carbocycles. The number of benzene rings is 1. The molecule has 2 aliphatic carbocycles. The fraction of sp³-hybridized carbons (Fsp3) is 0.565. The van der Waals surface area contributed by atoms with Gasteiger partial charge in [-0.15, -0.1) is 0 Å². The lowest BCUT2D eigenvalue weighted by atomic mass is 9.94. The third-order valence-electron chi connectivity index (χ3n) is 7.51. The zero-order valence-electron chi connectivity index (χ0n) is 17.7. The molecular weight excluding hydrogens is 382 g/mol. The predicted octanol–water partition coefficient (Wildman–Crippen LogP) is 2.49. The van der Waals surface area contributed by atoms with Crippen LogP contribution in [0.3, 0.4) is 0 Å². The van der Waals surface area contributed by atoms with Gasteiger partial charge in [0.15, 0.2) is 0 Å². The van der Waals surface area contributed by atoms with Gasteiger partial charge in [-0.1, -0.05) is 6.07 Å². The maximum atomic E-state index is 12.9. The largest absolute Gasteiger partial charge is 0.494 e. The van der Waals surface area contributed by atoms with Crippen LogP contribution in [0.1, 0.15) is 60.5 Å². The Kier molecular flexibility index (Phi) is 4.45. The molecule has 7 nitrogen and oxygen atoms in total. The van der Waals surface area contributed by atoms with Crippen molar-refractivity contribution in [3.63, 3.8) is 0 Å². The topological polar surface area (TPSA) is 92.6 Å². The lowest BCUT2D eigenvalue weighted by Crippen LogP contribution is -2.31. The van der Waals surface area contributed by atoms with Gasteiger partial charge < -0.3 is 25.0 Å². The van der Waals surface area contributed by atoms with E-state index < -0.39 is 11.4 Å². The maximum absolute atomic E-state index is 12.9. The van der Waals surface area contributed by atoms with Gasteiger partial charge in [0.25, 0.3) is 0 Å². The summed E-state index contributed by atoms with van der Waals surface area (Å²) in [7, 11) is 3.66. The minimum Gasteiger partial charge on any atom is -0.494 e. The van der Waals surface area contributed by atoms with Crippen molar-refractivity contribution in [3.8, 4) is 5.75 Å². The Bertz CT molecular complexity index is 1090. The molecule has 0 bridgehead atoms. The van der Waals surface area contributed by atoms with Gasteiger partial charge in [-0.25, -0.2) is 4.79 Å². The number of pyridine rings is 1. The summed E-state index contributed by atoms with van der Waals surface area (Å²) in [5.41, 5.74) is 1.35. The number of carbonyl (C=O) groups is 1. The third kappa shape index (κ3) is 2.87. The highest BCUT2D eigenvalue weighted by Crippen LogP contribution is 2.60. The van der Waals surface area contributed by atoms with E-state index in [9.17, 15) is 14.7 Å². The van der Waals surface area contributed by atoms with Crippen molar-refractivity contribution < 1.29 is 14.6 Å². The van der Waals surface area contributed by atoms with Crippen molar-refractivity contribution in [2.45, 2.75) is 56.1 Å². The average Bonchev–Trinajstić information content (AvgIpc) is 3.64. The van der Waals surface area contributed by atoms with Gasteiger partial charge in [-0.2, -0.15) is 0 Å². The summed E-state index contributed by atoms with van der Waals surface area (Å²) in [5.74, 6) is 0.476. The third-order valence-corrected chi connectivity index (χ3v) is 7.51. The van der Waals surface area contributed by atoms with Crippen molar-refractivity contribution in [1.29, 1.82) is 0 Å². The zero-order valence-corrected chi connectivity index (χ0v) is 17.7. The average molecular weight is 412 g/mol. The lowest BCUT2D eigenvalue weighted by Gasteiger charge is -2.19. The van der Waals surface area contributed by atoms with Crippen molar-refractivity contribution in [2.24, 2.45) is 5.92 Å². The van der Waals surface area contributed by atoms with E-state index in [-0.39, 0.29) is 17.1 Å². The van der Waals surface area contributed by atoms with Crippen LogP contribution in [0.2, 0.25) is 0 Å². The first-order valence-corrected chi connectivity index (χ1v) is 10.8. The minimum atomic E-state index is -1.18. The molecule has 1 saturated heterocycles. The van der Waals surface area contributed by atoms with E-state index in [1.807, 2.05) is 17.7 Å². The summed E-state index contributed by atoms with van der Waals surface area (Å²) in [6, 6.07) is 4.47. The van der Waals surface area contributed by atoms with Gasteiger partial charge in [-0.3, -0.25) is 4.79 Å². The fourth-order valence-electron chi connectivity index (χ4n) is 5.39. The Hall–Kier alpha value is -2.38. The lowest BCUT2D eigenvalue weighted by molar-refractivity contribution is 0.0695. The number of hydrogen-bond donors (Lipinski definition) is 3. The van der Waals surface area contributed by atoms with Gasteiger partial charge in [0.05, 0.1) is 18.0 Å². The van der Waals surface area contributed by atoms with Gasteiger partial charge in [0.1, 0.15) is 11.3 Å². The van der Waals surface area contributed by atoms with Crippen molar-refractivity contribution in [3.05, 3.63) is 39.7 Å². The van der Waals surface area contributed by atoms with Crippen LogP contribution in [-0.4, -0.2) is 47.9 Å². The fourth-order valence-corrected chi connectivity index (χ4v) is 5.39. The number of hydrogen-bond acceptors (Lipinski definition) is 5. The maximum Gasteiger partial charge on any atom is 0.341 e. The standard InChI is InChI=1S/C23H29N3O4/c1-12(24-2)13-8-23(25-10-13)9-18(23)15-6-7-16-19(21(15)30-3)26(14-4-5-14)11-17(20(16)27)22(28)29/h6-7,11-14,18,24-25H,4-5,8-10H2,1-3H3,(H,28,29)/t12-,13?,18?,23?/m0/s1. The smallest absolute Gasteiger partial charge is 0.341 e. The highest BCUT2D eigenvalue weighted by atomic mass is 16.5. The van der Waals surface area contributed by atoms with E-state index >= 15 is 0 Å². The van der Waals surface area contributed by atoms with Gasteiger partial charge in [-0.05, 0) is 51.6 Å². The van der Waals surface area contributed by atoms with Crippen LogP contribution >= 0.6 is 0 Å². The minimum absolute atomic E-state index is 0.0996. The SMILES string of the molecule is CN[C@@H](C)C1CNC2(C1)CC2c1ccc2c(=O)c(C(=O)O)cn(C3CC3)c2c1OC. The van der Waals surface area contributed by atoms with E-state index in [2.05, 4.69) is 17.6 Å². The van der Waals surface area contributed by atoms with E-state index in [0.29, 0.717) is 23.3 Å². The van der Waals surface area contributed by atoms with Gasteiger partial charge in [0.2, 0.25) is 5.43 Å². The van der Waals surface area contributed by atoms with E-state index in [1.54, 1.807) is 13.2 Å². The Morgan fingerprint density at radius 2 is 2.13 bits per heavy atom. The number of ether oxygens (including phenoxy) is 1. The molecule has 3 unspecified atom stereocenters. The number of aromatic nitrogens is 1. The first-order chi connectivity index (χ1) is 14.4. The van der Waals surface area contributed by atoms with E-state index in [0.717, 1.165) is 49.1 Å². The normalized spacial score (nSPS) is 28.8. The molecule has 3 fully saturated rings. The van der Waals surface area contributed by atoms with E-state index in [1.165, 1.54) is 6.20 Å². The van der Waals surface area contributed by atoms with Crippen molar-refractivity contribution >= 4 is 16.9 Å². The second kappa shape index (κ2) is 6.82. The quantitative estimate of drug-likeness (QED) is 0.676. The summed E-state index contributed by atoms with van der Waals surface area (Å²) in [6.07, 6.45) is 5.67. The number of methoxy groups -OCH3 is 1. The van der Waals surface area contributed by atoms with Crippen molar-refractivity contribution in [1.82, 2.24) is 15.2 Å². The number of aromatic carboxylic acids is 1. The molecule has 5 rings (SSSR count). The molecule has 30 heavy (non-hydrogen) atoms. The van der Waals surface area contributed by atoms with Crippen molar-refractivity contribution in [2.75, 3.05) is 20.7 Å².